The second-order valence-electron chi connectivity index (χ2n) is 5.01. The van der Waals surface area contributed by atoms with Crippen LogP contribution in [0.3, 0.4) is 0 Å². The molecule has 0 aliphatic carbocycles. The molecule has 2 rings (SSSR count). The Morgan fingerprint density at radius 2 is 1.90 bits per heavy atom. The fourth-order valence-electron chi connectivity index (χ4n) is 2.23. The summed E-state index contributed by atoms with van der Waals surface area (Å²) < 4.78 is 26.3. The van der Waals surface area contributed by atoms with Crippen molar-refractivity contribution in [1.29, 1.82) is 0 Å². The molecule has 21 heavy (non-hydrogen) atoms. The van der Waals surface area contributed by atoms with Crippen molar-refractivity contribution in [2.24, 2.45) is 0 Å². The lowest BCUT2D eigenvalue weighted by Crippen LogP contribution is -2.09. The van der Waals surface area contributed by atoms with Gasteiger partial charge < -0.3 is 9.88 Å². The summed E-state index contributed by atoms with van der Waals surface area (Å²) >= 11 is 0. The predicted octanol–water partition coefficient (Wildman–Crippen LogP) is 3.30. The van der Waals surface area contributed by atoms with E-state index in [4.69, 9.17) is 0 Å². The zero-order valence-corrected chi connectivity index (χ0v) is 13.4. The topological polar surface area (TPSA) is 51.1 Å². The van der Waals surface area contributed by atoms with Crippen molar-refractivity contribution in [3.63, 3.8) is 0 Å². The van der Waals surface area contributed by atoms with E-state index in [0.717, 1.165) is 18.5 Å². The van der Waals surface area contributed by atoms with E-state index < -0.39 is 9.84 Å². The van der Waals surface area contributed by atoms with E-state index in [2.05, 4.69) is 35.3 Å². The van der Waals surface area contributed by atoms with Crippen LogP contribution in [0.1, 0.15) is 25.8 Å². The van der Waals surface area contributed by atoms with E-state index in [0.29, 0.717) is 17.1 Å². The number of hydrogen-bond donors (Lipinski definition) is 1. The van der Waals surface area contributed by atoms with Crippen molar-refractivity contribution < 1.29 is 8.42 Å². The first-order chi connectivity index (χ1) is 10.1. The van der Waals surface area contributed by atoms with Crippen molar-refractivity contribution in [3.05, 3.63) is 48.3 Å². The van der Waals surface area contributed by atoms with E-state index in [1.807, 2.05) is 12.1 Å². The molecule has 1 aromatic carbocycles. The standard InChI is InChI=1S/C16H22N2O2S/c1-3-10-18-11-9-14(13-18)12-17-15-7-5-6-8-16(15)21(19,20)4-2/h5-9,11,13,17H,3-4,10,12H2,1-2H3. The van der Waals surface area contributed by atoms with Crippen LogP contribution in [0.4, 0.5) is 5.69 Å². The third kappa shape index (κ3) is 3.88. The number of rotatable bonds is 7. The highest BCUT2D eigenvalue weighted by Crippen LogP contribution is 2.22. The van der Waals surface area contributed by atoms with Gasteiger partial charge in [0, 0.05) is 25.5 Å². The van der Waals surface area contributed by atoms with Crippen molar-refractivity contribution in [2.45, 2.75) is 38.3 Å². The van der Waals surface area contributed by atoms with Gasteiger partial charge in [0.15, 0.2) is 9.84 Å². The summed E-state index contributed by atoms with van der Waals surface area (Å²) in [6.45, 7) is 5.43. The van der Waals surface area contributed by atoms with Crippen LogP contribution in [0.15, 0.2) is 47.6 Å². The maximum Gasteiger partial charge on any atom is 0.180 e. The third-order valence-electron chi connectivity index (χ3n) is 3.38. The summed E-state index contributed by atoms with van der Waals surface area (Å²) in [4.78, 5) is 0.375. The second kappa shape index (κ2) is 6.80. The van der Waals surface area contributed by atoms with Crippen LogP contribution in [-0.4, -0.2) is 18.7 Å². The average molecular weight is 306 g/mol. The summed E-state index contributed by atoms with van der Waals surface area (Å²) in [5.41, 5.74) is 1.81. The van der Waals surface area contributed by atoms with Gasteiger partial charge in [-0.1, -0.05) is 26.0 Å². The van der Waals surface area contributed by atoms with Crippen molar-refractivity contribution in [3.8, 4) is 0 Å². The number of sulfone groups is 1. The Balaban J connectivity index is 2.13. The lowest BCUT2D eigenvalue weighted by molar-refractivity contribution is 0.597. The van der Waals surface area contributed by atoms with E-state index in [9.17, 15) is 8.42 Å². The Labute approximate surface area is 126 Å². The fraction of sp³-hybridized carbons (Fsp3) is 0.375. The SMILES string of the molecule is CCCn1ccc(CNc2ccccc2S(=O)(=O)CC)c1. The maximum atomic E-state index is 12.1. The molecule has 1 aromatic heterocycles. The first kappa shape index (κ1) is 15.6. The molecule has 0 aliphatic rings. The summed E-state index contributed by atoms with van der Waals surface area (Å²) in [5.74, 6) is 0.110. The molecule has 0 saturated carbocycles. The quantitative estimate of drug-likeness (QED) is 0.854. The Bertz CT molecular complexity index is 690. The molecule has 4 nitrogen and oxygen atoms in total. The van der Waals surface area contributed by atoms with Crippen LogP contribution in [0.5, 0.6) is 0 Å². The molecule has 0 unspecified atom stereocenters. The molecule has 0 atom stereocenters. The van der Waals surface area contributed by atoms with Crippen LogP contribution in [0.2, 0.25) is 0 Å². The van der Waals surface area contributed by atoms with Crippen LogP contribution in [-0.2, 0) is 22.9 Å². The predicted molar refractivity (Wildman–Crippen MR) is 86.2 cm³/mol. The minimum atomic E-state index is -3.20. The molecule has 0 fully saturated rings. The van der Waals surface area contributed by atoms with Gasteiger partial charge in [-0.3, -0.25) is 0 Å². The number of hydrogen-bond acceptors (Lipinski definition) is 3. The fourth-order valence-corrected chi connectivity index (χ4v) is 3.30. The maximum absolute atomic E-state index is 12.1. The minimum absolute atomic E-state index is 0.110. The number of para-hydroxylation sites is 1. The Kier molecular flexibility index (Phi) is 5.07. The largest absolute Gasteiger partial charge is 0.380 e. The second-order valence-corrected chi connectivity index (χ2v) is 7.26. The number of benzene rings is 1. The normalized spacial score (nSPS) is 11.5. The first-order valence-corrected chi connectivity index (χ1v) is 8.92. The number of nitrogens with one attached hydrogen (secondary N) is 1. The number of nitrogens with zero attached hydrogens (tertiary/aromatic N) is 1. The Hall–Kier alpha value is -1.75. The van der Waals surface area contributed by atoms with Gasteiger partial charge in [0.25, 0.3) is 0 Å². The third-order valence-corrected chi connectivity index (χ3v) is 5.16. The molecule has 0 radical (unpaired) electrons. The minimum Gasteiger partial charge on any atom is -0.380 e. The number of aromatic nitrogens is 1. The Morgan fingerprint density at radius 1 is 1.14 bits per heavy atom. The molecule has 0 spiro atoms. The molecular weight excluding hydrogens is 284 g/mol. The number of anilines is 1. The van der Waals surface area contributed by atoms with Gasteiger partial charge >= 0.3 is 0 Å². The van der Waals surface area contributed by atoms with E-state index in [1.165, 1.54) is 0 Å². The molecule has 1 heterocycles. The zero-order valence-electron chi connectivity index (χ0n) is 12.5. The molecule has 0 aliphatic heterocycles. The van der Waals surface area contributed by atoms with Crippen LogP contribution >= 0.6 is 0 Å². The highest BCUT2D eigenvalue weighted by Gasteiger charge is 2.15. The van der Waals surface area contributed by atoms with E-state index >= 15 is 0 Å². The highest BCUT2D eigenvalue weighted by atomic mass is 32.2. The lowest BCUT2D eigenvalue weighted by atomic mass is 10.3. The van der Waals surface area contributed by atoms with Gasteiger partial charge in [0.05, 0.1) is 16.3 Å². The number of aryl methyl sites for hydroxylation is 1. The summed E-state index contributed by atoms with van der Waals surface area (Å²) in [6.07, 6.45) is 5.24. The molecule has 2 aromatic rings. The molecule has 1 N–H and O–H groups in total. The Morgan fingerprint density at radius 3 is 2.62 bits per heavy atom. The summed E-state index contributed by atoms with van der Waals surface area (Å²) in [5, 5.41) is 3.23. The van der Waals surface area contributed by atoms with Crippen LogP contribution in [0.25, 0.3) is 0 Å². The molecular formula is C16H22N2O2S. The zero-order chi connectivity index (χ0) is 15.3. The highest BCUT2D eigenvalue weighted by molar-refractivity contribution is 7.91. The van der Waals surface area contributed by atoms with Crippen molar-refractivity contribution in [1.82, 2.24) is 4.57 Å². The summed E-state index contributed by atoms with van der Waals surface area (Å²) in [6, 6.07) is 9.12. The van der Waals surface area contributed by atoms with Crippen LogP contribution in [0, 0.1) is 0 Å². The van der Waals surface area contributed by atoms with Gasteiger partial charge in [-0.05, 0) is 30.2 Å². The molecule has 0 bridgehead atoms. The van der Waals surface area contributed by atoms with E-state index in [-0.39, 0.29) is 5.75 Å². The molecule has 0 amide bonds. The van der Waals surface area contributed by atoms with Crippen LogP contribution < -0.4 is 5.32 Å². The average Bonchev–Trinajstić information content (AvgIpc) is 2.93. The van der Waals surface area contributed by atoms with Crippen molar-refractivity contribution in [2.75, 3.05) is 11.1 Å². The van der Waals surface area contributed by atoms with Gasteiger partial charge in [-0.2, -0.15) is 0 Å². The van der Waals surface area contributed by atoms with E-state index in [1.54, 1.807) is 19.1 Å². The van der Waals surface area contributed by atoms with Gasteiger partial charge in [0.1, 0.15) is 0 Å². The van der Waals surface area contributed by atoms with Gasteiger partial charge in [-0.25, -0.2) is 8.42 Å². The van der Waals surface area contributed by atoms with Gasteiger partial charge in [-0.15, -0.1) is 0 Å². The molecule has 5 heteroatoms. The van der Waals surface area contributed by atoms with Crippen molar-refractivity contribution >= 4 is 15.5 Å². The smallest absolute Gasteiger partial charge is 0.180 e. The molecule has 114 valence electrons. The molecule has 0 saturated heterocycles. The van der Waals surface area contributed by atoms with Gasteiger partial charge in [0.2, 0.25) is 0 Å². The monoisotopic (exact) mass is 306 g/mol. The summed E-state index contributed by atoms with van der Waals surface area (Å²) in [7, 11) is -3.20. The lowest BCUT2D eigenvalue weighted by Gasteiger charge is -2.11. The first-order valence-electron chi connectivity index (χ1n) is 7.27.